The summed E-state index contributed by atoms with van der Waals surface area (Å²) in [5, 5.41) is 9.01. The predicted molar refractivity (Wildman–Crippen MR) is 62.6 cm³/mol. The number of ether oxygens (including phenoxy) is 1. The number of ketones is 1. The average molecular weight is 237 g/mol. The summed E-state index contributed by atoms with van der Waals surface area (Å²) in [7, 11) is 0. The van der Waals surface area contributed by atoms with Crippen molar-refractivity contribution >= 4 is 11.8 Å². The third-order valence-corrected chi connectivity index (χ3v) is 2.22. The molecule has 0 aliphatic rings. The molecule has 0 bridgehead atoms. The first-order chi connectivity index (χ1) is 8.06. The molecule has 0 fully saturated rings. The lowest BCUT2D eigenvalue weighted by atomic mass is 10.1. The molecule has 1 aromatic rings. The Morgan fingerprint density at radius 1 is 1.41 bits per heavy atom. The molecule has 92 valence electrons. The molecule has 1 rings (SSSR count). The van der Waals surface area contributed by atoms with Crippen molar-refractivity contribution in [2.24, 2.45) is 5.73 Å². The predicted octanol–water partition coefficient (Wildman–Crippen LogP) is 1.32. The number of carboxylic acid groups (broad SMARTS) is 1. The largest absolute Gasteiger partial charge is 0.493 e. The Bertz CT molecular complexity index is 429. The lowest BCUT2D eigenvalue weighted by Crippen LogP contribution is -2.09. The van der Waals surface area contributed by atoms with Crippen LogP contribution in [0.25, 0.3) is 0 Å². The van der Waals surface area contributed by atoms with Gasteiger partial charge in [-0.25, -0.2) is 4.79 Å². The summed E-state index contributed by atoms with van der Waals surface area (Å²) in [5.41, 5.74) is 5.66. The van der Waals surface area contributed by atoms with Crippen LogP contribution in [0.15, 0.2) is 18.2 Å². The maximum absolute atomic E-state index is 11.1. The van der Waals surface area contributed by atoms with E-state index in [1.165, 1.54) is 19.1 Å². The van der Waals surface area contributed by atoms with Crippen LogP contribution in [0.4, 0.5) is 0 Å². The number of carboxylic acids is 1. The second-order valence-corrected chi connectivity index (χ2v) is 3.56. The fourth-order valence-electron chi connectivity index (χ4n) is 1.31. The van der Waals surface area contributed by atoms with Crippen molar-refractivity contribution in [2.45, 2.75) is 13.3 Å². The first kappa shape index (κ1) is 13.2. The highest BCUT2D eigenvalue weighted by Crippen LogP contribution is 2.20. The molecule has 0 amide bonds. The summed E-state index contributed by atoms with van der Waals surface area (Å²) in [6.45, 7) is 2.22. The Labute approximate surface area is 99.2 Å². The van der Waals surface area contributed by atoms with Gasteiger partial charge in [-0.15, -0.1) is 0 Å². The van der Waals surface area contributed by atoms with Crippen LogP contribution < -0.4 is 10.5 Å². The Hall–Kier alpha value is -1.88. The van der Waals surface area contributed by atoms with E-state index in [-0.39, 0.29) is 17.1 Å². The molecule has 0 spiro atoms. The van der Waals surface area contributed by atoms with Gasteiger partial charge >= 0.3 is 5.97 Å². The molecule has 17 heavy (non-hydrogen) atoms. The standard InChI is InChI=1S/C12H15NO4/c1-8(14)9-3-4-11(17-6-2-5-13)10(7-9)12(15)16/h3-4,7H,2,5-6,13H2,1H3,(H,15,16). The van der Waals surface area contributed by atoms with E-state index in [0.717, 1.165) is 0 Å². The highest BCUT2D eigenvalue weighted by atomic mass is 16.5. The monoisotopic (exact) mass is 237 g/mol. The van der Waals surface area contributed by atoms with Crippen LogP contribution in [0.1, 0.15) is 34.1 Å². The Balaban J connectivity index is 2.96. The molecule has 0 aliphatic carbocycles. The van der Waals surface area contributed by atoms with E-state index in [4.69, 9.17) is 15.6 Å². The Morgan fingerprint density at radius 2 is 2.12 bits per heavy atom. The smallest absolute Gasteiger partial charge is 0.339 e. The second-order valence-electron chi connectivity index (χ2n) is 3.56. The fourth-order valence-corrected chi connectivity index (χ4v) is 1.31. The van der Waals surface area contributed by atoms with Crippen molar-refractivity contribution in [3.63, 3.8) is 0 Å². The minimum atomic E-state index is -1.11. The van der Waals surface area contributed by atoms with Gasteiger partial charge in [-0.3, -0.25) is 4.79 Å². The van der Waals surface area contributed by atoms with Crippen LogP contribution >= 0.6 is 0 Å². The third kappa shape index (κ3) is 3.57. The molecule has 5 heteroatoms. The molecule has 0 heterocycles. The van der Waals surface area contributed by atoms with Crippen molar-refractivity contribution in [1.29, 1.82) is 0 Å². The van der Waals surface area contributed by atoms with Crippen molar-refractivity contribution in [3.05, 3.63) is 29.3 Å². The van der Waals surface area contributed by atoms with Crippen LogP contribution in [0.5, 0.6) is 5.75 Å². The molecular formula is C12H15NO4. The molecule has 0 saturated heterocycles. The summed E-state index contributed by atoms with van der Waals surface area (Å²) in [6, 6.07) is 4.37. The van der Waals surface area contributed by atoms with Gasteiger partial charge in [0, 0.05) is 5.56 Å². The van der Waals surface area contributed by atoms with E-state index in [2.05, 4.69) is 0 Å². The summed E-state index contributed by atoms with van der Waals surface area (Å²) < 4.78 is 5.30. The molecular weight excluding hydrogens is 222 g/mol. The van der Waals surface area contributed by atoms with Gasteiger partial charge in [0.15, 0.2) is 5.78 Å². The number of Topliss-reactive ketones (excluding diaryl/α,β-unsaturated/α-hetero) is 1. The molecule has 0 unspecified atom stereocenters. The number of nitrogens with two attached hydrogens (primary N) is 1. The lowest BCUT2D eigenvalue weighted by molar-refractivity contribution is 0.0692. The maximum Gasteiger partial charge on any atom is 0.339 e. The second kappa shape index (κ2) is 6.00. The van der Waals surface area contributed by atoms with E-state index < -0.39 is 5.97 Å². The zero-order valence-electron chi connectivity index (χ0n) is 9.60. The SMILES string of the molecule is CC(=O)c1ccc(OCCCN)c(C(=O)O)c1. The average Bonchev–Trinajstić information content (AvgIpc) is 2.29. The van der Waals surface area contributed by atoms with Gasteiger partial charge in [-0.05, 0) is 38.1 Å². The molecule has 0 radical (unpaired) electrons. The number of aromatic carboxylic acids is 1. The lowest BCUT2D eigenvalue weighted by Gasteiger charge is -2.09. The fraction of sp³-hybridized carbons (Fsp3) is 0.333. The van der Waals surface area contributed by atoms with Gasteiger partial charge in [0.25, 0.3) is 0 Å². The molecule has 0 aromatic heterocycles. The number of carbonyl (C=O) groups excluding carboxylic acids is 1. The highest BCUT2D eigenvalue weighted by molar-refractivity contribution is 5.98. The van der Waals surface area contributed by atoms with Crippen LogP contribution in [0.2, 0.25) is 0 Å². The van der Waals surface area contributed by atoms with Gasteiger partial charge in [0.2, 0.25) is 0 Å². The van der Waals surface area contributed by atoms with Crippen molar-refractivity contribution in [1.82, 2.24) is 0 Å². The van der Waals surface area contributed by atoms with Gasteiger partial charge in [0.1, 0.15) is 11.3 Å². The molecule has 1 aromatic carbocycles. The third-order valence-electron chi connectivity index (χ3n) is 2.22. The van der Waals surface area contributed by atoms with Crippen LogP contribution in [0.3, 0.4) is 0 Å². The van der Waals surface area contributed by atoms with E-state index >= 15 is 0 Å². The summed E-state index contributed by atoms with van der Waals surface area (Å²) in [6.07, 6.45) is 0.646. The summed E-state index contributed by atoms with van der Waals surface area (Å²) in [5.74, 6) is -1.03. The van der Waals surface area contributed by atoms with Crippen molar-refractivity contribution in [3.8, 4) is 5.75 Å². The molecule has 0 aliphatic heterocycles. The number of benzene rings is 1. The van der Waals surface area contributed by atoms with Crippen molar-refractivity contribution in [2.75, 3.05) is 13.2 Å². The van der Waals surface area contributed by atoms with Crippen molar-refractivity contribution < 1.29 is 19.4 Å². The Kier molecular flexibility index (Phi) is 4.66. The minimum Gasteiger partial charge on any atom is -0.493 e. The van der Waals surface area contributed by atoms with Crippen LogP contribution in [-0.4, -0.2) is 30.0 Å². The van der Waals surface area contributed by atoms with E-state index in [1.807, 2.05) is 0 Å². The number of hydrogen-bond donors (Lipinski definition) is 2. The Morgan fingerprint density at radius 3 is 2.65 bits per heavy atom. The maximum atomic E-state index is 11.1. The number of carbonyl (C=O) groups is 2. The first-order valence-corrected chi connectivity index (χ1v) is 5.27. The van der Waals surface area contributed by atoms with E-state index in [0.29, 0.717) is 25.1 Å². The minimum absolute atomic E-state index is 0.00489. The van der Waals surface area contributed by atoms with Gasteiger partial charge in [-0.1, -0.05) is 0 Å². The molecule has 0 atom stereocenters. The van der Waals surface area contributed by atoms with Crippen LogP contribution in [-0.2, 0) is 0 Å². The molecule has 0 saturated carbocycles. The topological polar surface area (TPSA) is 89.6 Å². The van der Waals surface area contributed by atoms with Gasteiger partial charge in [-0.2, -0.15) is 0 Å². The quantitative estimate of drug-likeness (QED) is 0.575. The summed E-state index contributed by atoms with van der Waals surface area (Å²) >= 11 is 0. The van der Waals surface area contributed by atoms with Crippen LogP contribution in [0, 0.1) is 0 Å². The number of rotatable bonds is 6. The zero-order chi connectivity index (χ0) is 12.8. The zero-order valence-corrected chi connectivity index (χ0v) is 9.60. The van der Waals surface area contributed by atoms with E-state index in [9.17, 15) is 9.59 Å². The molecule has 3 N–H and O–H groups in total. The highest BCUT2D eigenvalue weighted by Gasteiger charge is 2.13. The molecule has 5 nitrogen and oxygen atoms in total. The first-order valence-electron chi connectivity index (χ1n) is 5.27. The summed E-state index contributed by atoms with van der Waals surface area (Å²) in [4.78, 5) is 22.2. The van der Waals surface area contributed by atoms with Gasteiger partial charge < -0.3 is 15.6 Å². The van der Waals surface area contributed by atoms with Gasteiger partial charge in [0.05, 0.1) is 6.61 Å². The number of hydrogen-bond acceptors (Lipinski definition) is 4. The van der Waals surface area contributed by atoms with E-state index in [1.54, 1.807) is 6.07 Å². The normalized spacial score (nSPS) is 10.0.